The maximum atomic E-state index is 6.21. The predicted octanol–water partition coefficient (Wildman–Crippen LogP) is 4.47. The number of benzene rings is 1. The molecule has 2 heteroatoms. The van der Waals surface area contributed by atoms with Crippen LogP contribution in [-0.2, 0) is 0 Å². The van der Waals surface area contributed by atoms with Crippen molar-refractivity contribution < 1.29 is 0 Å². The highest BCUT2D eigenvalue weighted by molar-refractivity contribution is 6.30. The van der Waals surface area contributed by atoms with Crippen molar-refractivity contribution >= 4 is 11.6 Å². The van der Waals surface area contributed by atoms with Crippen LogP contribution >= 0.6 is 11.6 Å². The number of rotatable bonds is 3. The summed E-state index contributed by atoms with van der Waals surface area (Å²) in [5, 5.41) is 0.770. The lowest BCUT2D eigenvalue weighted by Crippen LogP contribution is -2.15. The van der Waals surface area contributed by atoms with E-state index in [2.05, 4.69) is 27.7 Å². The molecule has 0 aromatic heterocycles. The summed E-state index contributed by atoms with van der Waals surface area (Å²) in [6.07, 6.45) is 2.13. The maximum Gasteiger partial charge on any atom is 0.0409 e. The average Bonchev–Trinajstić information content (AvgIpc) is 2.17. The molecule has 0 aliphatic heterocycles. The standard InChI is InChI=1S/C14H22ClN/c1-10-5-6-11(15)9-12(10)13(16)7-8-14(2,3)4/h5-6,9,13H,7-8,16H2,1-4H3. The molecule has 0 saturated carbocycles. The fraction of sp³-hybridized carbons (Fsp3) is 0.571. The van der Waals surface area contributed by atoms with Gasteiger partial charge < -0.3 is 5.73 Å². The van der Waals surface area contributed by atoms with Crippen LogP contribution in [0, 0.1) is 12.3 Å². The molecule has 1 aromatic carbocycles. The molecule has 0 spiro atoms. The lowest BCUT2D eigenvalue weighted by atomic mass is 9.86. The van der Waals surface area contributed by atoms with Crippen molar-refractivity contribution in [2.24, 2.45) is 11.1 Å². The second-order valence-electron chi connectivity index (χ2n) is 5.71. The molecule has 1 nitrogen and oxygen atoms in total. The first-order valence-electron chi connectivity index (χ1n) is 5.81. The second kappa shape index (κ2) is 5.20. The van der Waals surface area contributed by atoms with Crippen LogP contribution in [0.4, 0.5) is 0 Å². The highest BCUT2D eigenvalue weighted by Gasteiger charge is 2.15. The predicted molar refractivity (Wildman–Crippen MR) is 71.8 cm³/mol. The Balaban J connectivity index is 2.73. The fourth-order valence-corrected chi connectivity index (χ4v) is 1.94. The van der Waals surface area contributed by atoms with E-state index in [9.17, 15) is 0 Å². The molecule has 0 fully saturated rings. The van der Waals surface area contributed by atoms with Gasteiger partial charge in [0.15, 0.2) is 0 Å². The first-order valence-corrected chi connectivity index (χ1v) is 6.19. The third-order valence-corrected chi connectivity index (χ3v) is 3.08. The van der Waals surface area contributed by atoms with Gasteiger partial charge in [0.25, 0.3) is 0 Å². The molecule has 0 radical (unpaired) electrons. The monoisotopic (exact) mass is 239 g/mol. The van der Waals surface area contributed by atoms with Crippen molar-refractivity contribution in [2.75, 3.05) is 0 Å². The van der Waals surface area contributed by atoms with Crippen LogP contribution < -0.4 is 5.73 Å². The minimum absolute atomic E-state index is 0.0953. The van der Waals surface area contributed by atoms with E-state index >= 15 is 0 Å². The Morgan fingerprint density at radius 3 is 2.50 bits per heavy atom. The molecule has 16 heavy (non-hydrogen) atoms. The van der Waals surface area contributed by atoms with Gasteiger partial charge in [-0.3, -0.25) is 0 Å². The smallest absolute Gasteiger partial charge is 0.0409 e. The van der Waals surface area contributed by atoms with Crippen LogP contribution in [0.1, 0.15) is 50.8 Å². The summed E-state index contributed by atoms with van der Waals surface area (Å²) in [5.74, 6) is 0. The first kappa shape index (κ1) is 13.5. The molecular formula is C14H22ClN. The molecule has 0 amide bonds. The van der Waals surface area contributed by atoms with Crippen LogP contribution in [0.15, 0.2) is 18.2 Å². The van der Waals surface area contributed by atoms with Gasteiger partial charge in [-0.05, 0) is 48.4 Å². The Morgan fingerprint density at radius 1 is 1.31 bits per heavy atom. The first-order chi connectivity index (χ1) is 7.29. The Bertz CT molecular complexity index is 352. The minimum Gasteiger partial charge on any atom is -0.324 e. The molecule has 1 aromatic rings. The van der Waals surface area contributed by atoms with Crippen molar-refractivity contribution in [3.05, 3.63) is 34.3 Å². The van der Waals surface area contributed by atoms with Gasteiger partial charge in [-0.15, -0.1) is 0 Å². The van der Waals surface area contributed by atoms with Crippen LogP contribution in [0.25, 0.3) is 0 Å². The van der Waals surface area contributed by atoms with Crippen LogP contribution in [-0.4, -0.2) is 0 Å². The summed E-state index contributed by atoms with van der Waals surface area (Å²) in [6, 6.07) is 6.04. The summed E-state index contributed by atoms with van der Waals surface area (Å²) >= 11 is 6.00. The Morgan fingerprint density at radius 2 is 1.94 bits per heavy atom. The van der Waals surface area contributed by atoms with Crippen LogP contribution in [0.5, 0.6) is 0 Å². The SMILES string of the molecule is Cc1ccc(Cl)cc1C(N)CCC(C)(C)C. The van der Waals surface area contributed by atoms with E-state index in [4.69, 9.17) is 17.3 Å². The zero-order valence-electron chi connectivity index (χ0n) is 10.7. The Labute approximate surface area is 104 Å². The summed E-state index contributed by atoms with van der Waals surface area (Å²) in [6.45, 7) is 8.81. The molecular weight excluding hydrogens is 218 g/mol. The summed E-state index contributed by atoms with van der Waals surface area (Å²) in [4.78, 5) is 0. The van der Waals surface area contributed by atoms with Gasteiger partial charge >= 0.3 is 0 Å². The van der Waals surface area contributed by atoms with Gasteiger partial charge in [0.05, 0.1) is 0 Å². The lowest BCUT2D eigenvalue weighted by molar-refractivity contribution is 0.349. The largest absolute Gasteiger partial charge is 0.324 e. The number of hydrogen-bond acceptors (Lipinski definition) is 1. The van der Waals surface area contributed by atoms with E-state index < -0.39 is 0 Å². The van der Waals surface area contributed by atoms with Crippen molar-refractivity contribution in [1.82, 2.24) is 0 Å². The Kier molecular flexibility index (Phi) is 4.40. The van der Waals surface area contributed by atoms with E-state index in [-0.39, 0.29) is 6.04 Å². The highest BCUT2D eigenvalue weighted by Crippen LogP contribution is 2.28. The maximum absolute atomic E-state index is 6.21. The number of halogens is 1. The van der Waals surface area contributed by atoms with E-state index in [1.807, 2.05) is 18.2 Å². The van der Waals surface area contributed by atoms with Crippen LogP contribution in [0.2, 0.25) is 5.02 Å². The second-order valence-corrected chi connectivity index (χ2v) is 6.14. The third-order valence-electron chi connectivity index (χ3n) is 2.85. The van der Waals surface area contributed by atoms with E-state index in [1.165, 1.54) is 11.1 Å². The molecule has 0 heterocycles. The Hall–Kier alpha value is -0.530. The molecule has 1 unspecified atom stereocenters. The van der Waals surface area contributed by atoms with Gasteiger partial charge in [0.2, 0.25) is 0 Å². The quantitative estimate of drug-likeness (QED) is 0.827. The molecule has 1 atom stereocenters. The van der Waals surface area contributed by atoms with Gasteiger partial charge in [-0.25, -0.2) is 0 Å². The zero-order valence-corrected chi connectivity index (χ0v) is 11.4. The molecule has 0 aliphatic carbocycles. The molecule has 2 N–H and O–H groups in total. The lowest BCUT2D eigenvalue weighted by Gasteiger charge is -2.22. The van der Waals surface area contributed by atoms with E-state index in [1.54, 1.807) is 0 Å². The average molecular weight is 240 g/mol. The van der Waals surface area contributed by atoms with Gasteiger partial charge in [-0.2, -0.15) is 0 Å². The van der Waals surface area contributed by atoms with Crippen molar-refractivity contribution in [3.8, 4) is 0 Å². The molecule has 0 saturated heterocycles. The van der Waals surface area contributed by atoms with Gasteiger partial charge in [-0.1, -0.05) is 38.4 Å². The van der Waals surface area contributed by atoms with E-state index in [0.717, 1.165) is 17.9 Å². The number of aryl methyl sites for hydroxylation is 1. The number of nitrogens with two attached hydrogens (primary N) is 1. The van der Waals surface area contributed by atoms with Crippen molar-refractivity contribution in [2.45, 2.75) is 46.6 Å². The van der Waals surface area contributed by atoms with Crippen molar-refractivity contribution in [1.29, 1.82) is 0 Å². The summed E-state index contributed by atoms with van der Waals surface area (Å²) in [7, 11) is 0. The summed E-state index contributed by atoms with van der Waals surface area (Å²) in [5.41, 5.74) is 8.96. The zero-order chi connectivity index (χ0) is 12.3. The molecule has 1 rings (SSSR count). The molecule has 0 bridgehead atoms. The molecule has 0 aliphatic rings. The third kappa shape index (κ3) is 4.15. The van der Waals surface area contributed by atoms with Crippen molar-refractivity contribution in [3.63, 3.8) is 0 Å². The van der Waals surface area contributed by atoms with Gasteiger partial charge in [0.1, 0.15) is 0 Å². The van der Waals surface area contributed by atoms with Gasteiger partial charge in [0, 0.05) is 11.1 Å². The molecule has 90 valence electrons. The normalized spacial score (nSPS) is 13.9. The summed E-state index contributed by atoms with van der Waals surface area (Å²) < 4.78 is 0. The minimum atomic E-state index is 0.0953. The highest BCUT2D eigenvalue weighted by atomic mass is 35.5. The number of hydrogen-bond donors (Lipinski definition) is 1. The fourth-order valence-electron chi connectivity index (χ4n) is 1.75. The van der Waals surface area contributed by atoms with Crippen LogP contribution in [0.3, 0.4) is 0 Å². The van der Waals surface area contributed by atoms with E-state index in [0.29, 0.717) is 5.41 Å². The topological polar surface area (TPSA) is 26.0 Å².